The second kappa shape index (κ2) is 5.27. The van der Waals surface area contributed by atoms with E-state index < -0.39 is 18.0 Å². The zero-order valence-corrected chi connectivity index (χ0v) is 12.3. The summed E-state index contributed by atoms with van der Waals surface area (Å²) in [4.78, 5) is 12.1. The van der Waals surface area contributed by atoms with Crippen molar-refractivity contribution >= 4 is 21.8 Å². The first kappa shape index (κ1) is 15.2. The van der Waals surface area contributed by atoms with Crippen LogP contribution < -0.4 is 10.1 Å². The number of hydrogen-bond acceptors (Lipinski definition) is 2. The minimum absolute atomic E-state index is 0.126. The molecule has 110 valence electrons. The summed E-state index contributed by atoms with van der Waals surface area (Å²) in [6.45, 7) is 1.87. The normalized spacial score (nSPS) is 17.2. The van der Waals surface area contributed by atoms with Crippen LogP contribution in [0.1, 0.15) is 36.5 Å². The molecule has 0 aliphatic heterocycles. The van der Waals surface area contributed by atoms with Gasteiger partial charge in [0.25, 0.3) is 5.91 Å². The van der Waals surface area contributed by atoms with Gasteiger partial charge in [-0.2, -0.15) is 0 Å². The Morgan fingerprint density at radius 1 is 1.40 bits per heavy atom. The molecule has 20 heavy (non-hydrogen) atoms. The number of rotatable bonds is 3. The first-order valence-corrected chi connectivity index (χ1v) is 6.86. The standard InChI is InChI=1S/C13H13BrF3NO2/c1-12(5-2-6-12)18-11(19)9-4-3-8(14)7-10(9)20-13(15,16)17/h3-4,7H,2,5-6H2,1H3,(H,18,19). The van der Waals surface area contributed by atoms with Gasteiger partial charge in [0.1, 0.15) is 5.75 Å². The fourth-order valence-corrected chi connectivity index (χ4v) is 2.41. The van der Waals surface area contributed by atoms with Crippen LogP contribution in [0, 0.1) is 0 Å². The molecular weight excluding hydrogens is 339 g/mol. The maximum Gasteiger partial charge on any atom is 0.573 e. The topological polar surface area (TPSA) is 38.3 Å². The Morgan fingerprint density at radius 3 is 2.55 bits per heavy atom. The van der Waals surface area contributed by atoms with Crippen LogP contribution in [0.4, 0.5) is 13.2 Å². The monoisotopic (exact) mass is 351 g/mol. The van der Waals surface area contributed by atoms with Crippen molar-refractivity contribution in [1.82, 2.24) is 5.32 Å². The van der Waals surface area contributed by atoms with Gasteiger partial charge >= 0.3 is 6.36 Å². The van der Waals surface area contributed by atoms with Crippen LogP contribution in [-0.2, 0) is 0 Å². The molecular formula is C13H13BrF3NO2. The molecule has 7 heteroatoms. The fourth-order valence-electron chi connectivity index (χ4n) is 2.07. The summed E-state index contributed by atoms with van der Waals surface area (Å²) in [6.07, 6.45) is -2.19. The number of alkyl halides is 3. The predicted octanol–water partition coefficient (Wildman–Crippen LogP) is 4.02. The molecule has 1 aliphatic rings. The molecule has 1 aliphatic carbocycles. The van der Waals surface area contributed by atoms with Crippen molar-refractivity contribution in [1.29, 1.82) is 0 Å². The number of carbonyl (C=O) groups excluding carboxylic acids is 1. The third-order valence-corrected chi connectivity index (χ3v) is 3.78. The molecule has 1 amide bonds. The van der Waals surface area contributed by atoms with Gasteiger partial charge in [-0.3, -0.25) is 4.79 Å². The number of carbonyl (C=O) groups is 1. The first-order chi connectivity index (χ1) is 9.19. The maximum atomic E-state index is 12.4. The molecule has 1 N–H and O–H groups in total. The Bertz CT molecular complexity index is 527. The molecule has 1 aromatic rings. The molecule has 1 aromatic carbocycles. The zero-order valence-electron chi connectivity index (χ0n) is 10.7. The largest absolute Gasteiger partial charge is 0.573 e. The van der Waals surface area contributed by atoms with E-state index in [-0.39, 0.29) is 11.1 Å². The summed E-state index contributed by atoms with van der Waals surface area (Å²) in [5.74, 6) is -1.06. The number of nitrogens with one attached hydrogen (secondary N) is 1. The number of ether oxygens (including phenoxy) is 1. The van der Waals surface area contributed by atoms with Crippen molar-refractivity contribution in [3.8, 4) is 5.75 Å². The summed E-state index contributed by atoms with van der Waals surface area (Å²) in [5, 5.41) is 2.75. The number of amides is 1. The van der Waals surface area contributed by atoms with E-state index in [2.05, 4.69) is 26.0 Å². The third kappa shape index (κ3) is 3.65. The van der Waals surface area contributed by atoms with Crippen LogP contribution in [0.5, 0.6) is 5.75 Å². The summed E-state index contributed by atoms with van der Waals surface area (Å²) in [7, 11) is 0. The first-order valence-electron chi connectivity index (χ1n) is 6.06. The lowest BCUT2D eigenvalue weighted by atomic mass is 9.78. The molecule has 3 nitrogen and oxygen atoms in total. The highest BCUT2D eigenvalue weighted by Gasteiger charge is 2.36. The van der Waals surface area contributed by atoms with Crippen LogP contribution in [0.2, 0.25) is 0 Å². The predicted molar refractivity (Wildman–Crippen MR) is 70.5 cm³/mol. The van der Waals surface area contributed by atoms with Crippen molar-refractivity contribution in [2.24, 2.45) is 0 Å². The smallest absolute Gasteiger partial charge is 0.405 e. The minimum Gasteiger partial charge on any atom is -0.405 e. The Morgan fingerprint density at radius 2 is 2.05 bits per heavy atom. The lowest BCUT2D eigenvalue weighted by molar-refractivity contribution is -0.274. The Kier molecular flexibility index (Phi) is 4.00. The quantitative estimate of drug-likeness (QED) is 0.892. The molecule has 0 bridgehead atoms. The van der Waals surface area contributed by atoms with Crippen molar-refractivity contribution in [3.05, 3.63) is 28.2 Å². The van der Waals surface area contributed by atoms with Gasteiger partial charge in [-0.25, -0.2) is 0 Å². The highest BCUT2D eigenvalue weighted by molar-refractivity contribution is 9.10. The second-order valence-electron chi connectivity index (χ2n) is 5.06. The Balaban J connectivity index is 2.23. The third-order valence-electron chi connectivity index (χ3n) is 3.29. The molecule has 0 heterocycles. The van der Waals surface area contributed by atoms with Crippen molar-refractivity contribution < 1.29 is 22.7 Å². The molecule has 0 radical (unpaired) electrons. The molecule has 0 spiro atoms. The number of hydrogen-bond donors (Lipinski definition) is 1. The van der Waals surface area contributed by atoms with Gasteiger partial charge in [-0.1, -0.05) is 15.9 Å². The number of halogens is 4. The molecule has 0 atom stereocenters. The van der Waals surface area contributed by atoms with Crippen LogP contribution in [0.25, 0.3) is 0 Å². The second-order valence-corrected chi connectivity index (χ2v) is 5.97. The van der Waals surface area contributed by atoms with Crippen LogP contribution >= 0.6 is 15.9 Å². The van der Waals surface area contributed by atoms with E-state index in [1.165, 1.54) is 12.1 Å². The van der Waals surface area contributed by atoms with Crippen LogP contribution in [-0.4, -0.2) is 17.8 Å². The Hall–Kier alpha value is -1.24. The van der Waals surface area contributed by atoms with E-state index >= 15 is 0 Å². The van der Waals surface area contributed by atoms with E-state index in [4.69, 9.17) is 0 Å². The molecule has 1 saturated carbocycles. The van der Waals surface area contributed by atoms with Crippen molar-refractivity contribution in [3.63, 3.8) is 0 Å². The van der Waals surface area contributed by atoms with Gasteiger partial charge in [-0.15, -0.1) is 13.2 Å². The van der Waals surface area contributed by atoms with Crippen molar-refractivity contribution in [2.45, 2.75) is 38.1 Å². The highest BCUT2D eigenvalue weighted by Crippen LogP contribution is 2.33. The molecule has 2 rings (SSSR count). The van der Waals surface area contributed by atoms with Gasteiger partial charge in [0, 0.05) is 10.0 Å². The molecule has 0 unspecified atom stereocenters. The van der Waals surface area contributed by atoms with Gasteiger partial charge in [-0.05, 0) is 44.4 Å². The molecule has 0 aromatic heterocycles. The molecule has 1 fully saturated rings. The van der Waals surface area contributed by atoms with E-state index in [0.29, 0.717) is 4.47 Å². The summed E-state index contributed by atoms with van der Waals surface area (Å²) in [5.41, 5.74) is -0.460. The average molecular weight is 352 g/mol. The molecule has 0 saturated heterocycles. The van der Waals surface area contributed by atoms with E-state index in [1.54, 1.807) is 0 Å². The summed E-state index contributed by atoms with van der Waals surface area (Å²) in [6, 6.07) is 3.94. The van der Waals surface area contributed by atoms with Gasteiger partial charge in [0.05, 0.1) is 5.56 Å². The minimum atomic E-state index is -4.84. The maximum absolute atomic E-state index is 12.4. The van der Waals surface area contributed by atoms with Gasteiger partial charge < -0.3 is 10.1 Å². The van der Waals surface area contributed by atoms with Crippen LogP contribution in [0.15, 0.2) is 22.7 Å². The zero-order chi connectivity index (χ0) is 15.0. The number of benzene rings is 1. The van der Waals surface area contributed by atoms with E-state index in [0.717, 1.165) is 25.3 Å². The van der Waals surface area contributed by atoms with E-state index in [1.807, 2.05) is 6.92 Å². The Labute approximate surface area is 122 Å². The summed E-state index contributed by atoms with van der Waals surface area (Å²) < 4.78 is 41.4. The highest BCUT2D eigenvalue weighted by atomic mass is 79.9. The van der Waals surface area contributed by atoms with Gasteiger partial charge in [0.15, 0.2) is 0 Å². The van der Waals surface area contributed by atoms with Gasteiger partial charge in [0.2, 0.25) is 0 Å². The fraction of sp³-hybridized carbons (Fsp3) is 0.462. The van der Waals surface area contributed by atoms with Crippen LogP contribution in [0.3, 0.4) is 0 Å². The lowest BCUT2D eigenvalue weighted by Crippen LogP contribution is -2.51. The average Bonchev–Trinajstić information content (AvgIpc) is 2.24. The lowest BCUT2D eigenvalue weighted by Gasteiger charge is -2.39. The summed E-state index contributed by atoms with van der Waals surface area (Å²) >= 11 is 3.06. The van der Waals surface area contributed by atoms with E-state index in [9.17, 15) is 18.0 Å². The SMILES string of the molecule is CC1(NC(=O)c2ccc(Br)cc2OC(F)(F)F)CCC1. The van der Waals surface area contributed by atoms with Crippen molar-refractivity contribution in [2.75, 3.05) is 0 Å².